The van der Waals surface area contributed by atoms with Gasteiger partial charge >= 0.3 is 0 Å². The summed E-state index contributed by atoms with van der Waals surface area (Å²) in [5, 5.41) is 7.82. The number of likely N-dealkylation sites (tertiary alicyclic amines) is 1. The molecule has 0 spiro atoms. The summed E-state index contributed by atoms with van der Waals surface area (Å²) in [4.78, 5) is 14.8. The fraction of sp³-hybridized carbons (Fsp3) is 0.474. The molecule has 128 valence electrons. The molecular formula is C19H26N4O. The lowest BCUT2D eigenvalue weighted by molar-refractivity contribution is 0.0689. The molecule has 0 atom stereocenters. The number of para-hydroxylation sites is 1. The monoisotopic (exact) mass is 326 g/mol. The van der Waals surface area contributed by atoms with Crippen LogP contribution in [0.1, 0.15) is 35.8 Å². The van der Waals surface area contributed by atoms with Crippen LogP contribution in [-0.4, -0.2) is 46.8 Å². The molecule has 5 nitrogen and oxygen atoms in total. The minimum Gasteiger partial charge on any atom is -0.339 e. The standard InChI is InChI=1S/C19H26N4O/c1-3-20-13-16-9-11-22(12-10-16)19(24)18-14-21-23(15(18)2)17-7-5-4-6-8-17/h4-8,14,16,20H,3,9-13H2,1-2H3. The lowest BCUT2D eigenvalue weighted by atomic mass is 9.96. The lowest BCUT2D eigenvalue weighted by Crippen LogP contribution is -2.40. The fourth-order valence-electron chi connectivity index (χ4n) is 3.31. The Bertz CT molecular complexity index is 672. The molecule has 0 saturated carbocycles. The highest BCUT2D eigenvalue weighted by Gasteiger charge is 2.25. The second kappa shape index (κ2) is 7.62. The van der Waals surface area contributed by atoms with E-state index < -0.39 is 0 Å². The summed E-state index contributed by atoms with van der Waals surface area (Å²) in [6.07, 6.45) is 3.85. The second-order valence-corrected chi connectivity index (χ2v) is 6.43. The molecule has 1 fully saturated rings. The van der Waals surface area contributed by atoms with Crippen LogP contribution in [0.15, 0.2) is 36.5 Å². The third-order valence-electron chi connectivity index (χ3n) is 4.83. The summed E-state index contributed by atoms with van der Waals surface area (Å²) < 4.78 is 1.84. The first kappa shape index (κ1) is 16.7. The third-order valence-corrected chi connectivity index (χ3v) is 4.83. The van der Waals surface area contributed by atoms with E-state index in [-0.39, 0.29) is 5.91 Å². The Hall–Kier alpha value is -2.14. The molecule has 0 bridgehead atoms. The van der Waals surface area contributed by atoms with E-state index in [2.05, 4.69) is 17.3 Å². The quantitative estimate of drug-likeness (QED) is 0.919. The number of hydrogen-bond acceptors (Lipinski definition) is 3. The minimum absolute atomic E-state index is 0.108. The van der Waals surface area contributed by atoms with E-state index in [9.17, 15) is 4.79 Å². The van der Waals surface area contributed by atoms with Gasteiger partial charge in [-0.05, 0) is 50.9 Å². The molecule has 1 aromatic carbocycles. The maximum Gasteiger partial charge on any atom is 0.257 e. The molecule has 5 heteroatoms. The Morgan fingerprint density at radius 1 is 1.25 bits per heavy atom. The molecule has 0 aliphatic carbocycles. The highest BCUT2D eigenvalue weighted by Crippen LogP contribution is 2.21. The molecule has 1 saturated heterocycles. The number of carbonyl (C=O) groups excluding carboxylic acids is 1. The normalized spacial score (nSPS) is 15.7. The lowest BCUT2D eigenvalue weighted by Gasteiger charge is -2.32. The zero-order valence-electron chi connectivity index (χ0n) is 14.5. The Kier molecular flexibility index (Phi) is 5.30. The summed E-state index contributed by atoms with van der Waals surface area (Å²) in [6, 6.07) is 9.94. The molecule has 0 unspecified atom stereocenters. The van der Waals surface area contributed by atoms with Gasteiger partial charge < -0.3 is 10.2 Å². The number of rotatable bonds is 5. The van der Waals surface area contributed by atoms with Crippen molar-refractivity contribution in [2.45, 2.75) is 26.7 Å². The van der Waals surface area contributed by atoms with Crippen LogP contribution < -0.4 is 5.32 Å². The topological polar surface area (TPSA) is 50.2 Å². The highest BCUT2D eigenvalue weighted by molar-refractivity contribution is 5.95. The van der Waals surface area contributed by atoms with Crippen LogP contribution in [0.4, 0.5) is 0 Å². The van der Waals surface area contributed by atoms with Gasteiger partial charge in [0.2, 0.25) is 0 Å². The van der Waals surface area contributed by atoms with E-state index in [4.69, 9.17) is 0 Å². The molecular weight excluding hydrogens is 300 g/mol. The van der Waals surface area contributed by atoms with Gasteiger partial charge in [0, 0.05) is 13.1 Å². The number of amides is 1. The van der Waals surface area contributed by atoms with Crippen LogP contribution in [0.5, 0.6) is 0 Å². The van der Waals surface area contributed by atoms with Crippen molar-refractivity contribution in [3.63, 3.8) is 0 Å². The maximum absolute atomic E-state index is 12.8. The first-order valence-corrected chi connectivity index (χ1v) is 8.80. The summed E-state index contributed by atoms with van der Waals surface area (Å²) in [5.74, 6) is 0.790. The molecule has 1 amide bonds. The van der Waals surface area contributed by atoms with Crippen molar-refractivity contribution in [3.8, 4) is 5.69 Å². The zero-order valence-corrected chi connectivity index (χ0v) is 14.5. The van der Waals surface area contributed by atoms with Crippen LogP contribution in [0.3, 0.4) is 0 Å². The summed E-state index contributed by atoms with van der Waals surface area (Å²) in [6.45, 7) is 7.84. The smallest absolute Gasteiger partial charge is 0.257 e. The van der Waals surface area contributed by atoms with Crippen LogP contribution in [0.2, 0.25) is 0 Å². The summed E-state index contributed by atoms with van der Waals surface area (Å²) in [7, 11) is 0. The molecule has 3 rings (SSSR count). The van der Waals surface area contributed by atoms with Gasteiger partial charge in [-0.25, -0.2) is 4.68 Å². The van der Waals surface area contributed by atoms with Crippen molar-refractivity contribution >= 4 is 5.91 Å². The first-order chi connectivity index (χ1) is 11.7. The third kappa shape index (κ3) is 3.51. The molecule has 1 aliphatic heterocycles. The van der Waals surface area contributed by atoms with Crippen LogP contribution in [-0.2, 0) is 0 Å². The van der Waals surface area contributed by atoms with Gasteiger partial charge in [0.25, 0.3) is 5.91 Å². The SMILES string of the molecule is CCNCC1CCN(C(=O)c2cnn(-c3ccccc3)c2C)CC1. The van der Waals surface area contributed by atoms with Crippen molar-refractivity contribution in [1.82, 2.24) is 20.0 Å². The van der Waals surface area contributed by atoms with E-state index in [1.165, 1.54) is 0 Å². The van der Waals surface area contributed by atoms with Crippen molar-refractivity contribution in [2.24, 2.45) is 5.92 Å². The Morgan fingerprint density at radius 3 is 2.62 bits per heavy atom. The van der Waals surface area contributed by atoms with Gasteiger partial charge in [-0.15, -0.1) is 0 Å². The molecule has 1 aliphatic rings. The highest BCUT2D eigenvalue weighted by atomic mass is 16.2. The molecule has 1 aromatic heterocycles. The number of benzene rings is 1. The van der Waals surface area contributed by atoms with Gasteiger partial charge in [0.15, 0.2) is 0 Å². The van der Waals surface area contributed by atoms with E-state index in [1.807, 2.05) is 46.8 Å². The molecule has 0 radical (unpaired) electrons. The number of nitrogens with one attached hydrogen (secondary N) is 1. The van der Waals surface area contributed by atoms with Gasteiger partial charge in [0.05, 0.1) is 23.1 Å². The van der Waals surface area contributed by atoms with Crippen molar-refractivity contribution in [1.29, 1.82) is 0 Å². The maximum atomic E-state index is 12.8. The van der Waals surface area contributed by atoms with Crippen LogP contribution >= 0.6 is 0 Å². The predicted octanol–water partition coefficient (Wildman–Crippen LogP) is 2.64. The van der Waals surface area contributed by atoms with Gasteiger partial charge in [-0.3, -0.25) is 4.79 Å². The van der Waals surface area contributed by atoms with Crippen molar-refractivity contribution in [2.75, 3.05) is 26.2 Å². The number of carbonyl (C=O) groups is 1. The Labute approximate surface area is 143 Å². The van der Waals surface area contributed by atoms with E-state index in [0.29, 0.717) is 11.5 Å². The average Bonchev–Trinajstić information content (AvgIpc) is 3.02. The molecule has 2 aromatic rings. The first-order valence-electron chi connectivity index (χ1n) is 8.80. The van der Waals surface area contributed by atoms with Crippen LogP contribution in [0, 0.1) is 12.8 Å². The Morgan fingerprint density at radius 2 is 1.96 bits per heavy atom. The molecule has 24 heavy (non-hydrogen) atoms. The molecule has 2 heterocycles. The Balaban J connectivity index is 1.67. The van der Waals surface area contributed by atoms with Crippen molar-refractivity contribution in [3.05, 3.63) is 47.8 Å². The largest absolute Gasteiger partial charge is 0.339 e. The second-order valence-electron chi connectivity index (χ2n) is 6.43. The summed E-state index contributed by atoms with van der Waals surface area (Å²) >= 11 is 0. The fourth-order valence-corrected chi connectivity index (χ4v) is 3.31. The van der Waals surface area contributed by atoms with E-state index >= 15 is 0 Å². The number of piperidine rings is 1. The number of aromatic nitrogens is 2. The van der Waals surface area contributed by atoms with E-state index in [0.717, 1.165) is 50.4 Å². The van der Waals surface area contributed by atoms with Gasteiger partial charge in [-0.2, -0.15) is 5.10 Å². The minimum atomic E-state index is 0.108. The number of hydrogen-bond donors (Lipinski definition) is 1. The van der Waals surface area contributed by atoms with E-state index in [1.54, 1.807) is 6.20 Å². The molecule has 1 N–H and O–H groups in total. The van der Waals surface area contributed by atoms with Gasteiger partial charge in [-0.1, -0.05) is 25.1 Å². The number of nitrogens with zero attached hydrogens (tertiary/aromatic N) is 3. The average molecular weight is 326 g/mol. The zero-order chi connectivity index (χ0) is 16.9. The predicted molar refractivity (Wildman–Crippen MR) is 95.5 cm³/mol. The van der Waals surface area contributed by atoms with Crippen molar-refractivity contribution < 1.29 is 4.79 Å². The van der Waals surface area contributed by atoms with Gasteiger partial charge in [0.1, 0.15) is 0 Å². The van der Waals surface area contributed by atoms with Crippen LogP contribution in [0.25, 0.3) is 5.69 Å². The summed E-state index contributed by atoms with van der Waals surface area (Å²) in [5.41, 5.74) is 2.60.